The summed E-state index contributed by atoms with van der Waals surface area (Å²) < 4.78 is 12.0. The third-order valence-electron chi connectivity index (χ3n) is 4.40. The quantitative estimate of drug-likeness (QED) is 0.849. The molecule has 7 nitrogen and oxygen atoms in total. The van der Waals surface area contributed by atoms with Crippen molar-refractivity contribution in [3.63, 3.8) is 0 Å². The van der Waals surface area contributed by atoms with Crippen molar-refractivity contribution < 1.29 is 9.47 Å². The van der Waals surface area contributed by atoms with Crippen molar-refractivity contribution in [1.29, 1.82) is 0 Å². The standard InChI is InChI=1S/C16H19N5O2/c1-3-16(12-21(8-1)14-10-17-6-7-18-14)9-13(11-22-16)23-15-19-4-2-5-20-15/h2,4-7,10,13H,1,3,8-9,11-12H2/t13-,16-/m0/s1. The van der Waals surface area contributed by atoms with E-state index in [0.717, 1.165) is 38.2 Å². The van der Waals surface area contributed by atoms with E-state index in [1.54, 1.807) is 37.1 Å². The van der Waals surface area contributed by atoms with Crippen LogP contribution in [0.4, 0.5) is 5.82 Å². The number of aromatic nitrogens is 4. The van der Waals surface area contributed by atoms with Crippen LogP contribution in [0.25, 0.3) is 0 Å². The van der Waals surface area contributed by atoms with E-state index >= 15 is 0 Å². The second-order valence-corrected chi connectivity index (χ2v) is 6.06. The van der Waals surface area contributed by atoms with E-state index in [2.05, 4.69) is 24.8 Å². The van der Waals surface area contributed by atoms with E-state index in [1.165, 1.54) is 0 Å². The van der Waals surface area contributed by atoms with Gasteiger partial charge in [-0.05, 0) is 18.9 Å². The maximum atomic E-state index is 6.15. The molecule has 2 aromatic heterocycles. The van der Waals surface area contributed by atoms with Crippen molar-refractivity contribution in [3.05, 3.63) is 37.1 Å². The predicted octanol–water partition coefficient (Wildman–Crippen LogP) is 1.47. The van der Waals surface area contributed by atoms with Crippen molar-refractivity contribution in [2.24, 2.45) is 0 Å². The Morgan fingerprint density at radius 2 is 2.09 bits per heavy atom. The van der Waals surface area contributed by atoms with Crippen LogP contribution >= 0.6 is 0 Å². The summed E-state index contributed by atoms with van der Waals surface area (Å²) in [4.78, 5) is 19.0. The molecular formula is C16H19N5O2. The van der Waals surface area contributed by atoms with E-state index in [0.29, 0.717) is 12.6 Å². The smallest absolute Gasteiger partial charge is 0.316 e. The average molecular weight is 313 g/mol. The largest absolute Gasteiger partial charge is 0.458 e. The molecule has 0 bridgehead atoms. The van der Waals surface area contributed by atoms with Gasteiger partial charge in [0.2, 0.25) is 0 Å². The average Bonchev–Trinajstić information content (AvgIpc) is 2.98. The van der Waals surface area contributed by atoms with Crippen molar-refractivity contribution in [3.8, 4) is 6.01 Å². The minimum atomic E-state index is -0.171. The van der Waals surface area contributed by atoms with Crippen LogP contribution in [0.1, 0.15) is 19.3 Å². The number of anilines is 1. The first-order valence-electron chi connectivity index (χ1n) is 7.92. The summed E-state index contributed by atoms with van der Waals surface area (Å²) in [7, 11) is 0. The summed E-state index contributed by atoms with van der Waals surface area (Å²) in [5.74, 6) is 0.908. The summed E-state index contributed by atoms with van der Waals surface area (Å²) in [5, 5.41) is 0. The monoisotopic (exact) mass is 313 g/mol. The third kappa shape index (κ3) is 3.10. The van der Waals surface area contributed by atoms with Gasteiger partial charge in [0.1, 0.15) is 11.9 Å². The molecule has 2 aromatic rings. The van der Waals surface area contributed by atoms with Crippen LogP contribution in [0.5, 0.6) is 6.01 Å². The van der Waals surface area contributed by atoms with E-state index in [4.69, 9.17) is 9.47 Å². The topological polar surface area (TPSA) is 73.3 Å². The zero-order chi connectivity index (χ0) is 15.5. The summed E-state index contributed by atoms with van der Waals surface area (Å²) in [6, 6.07) is 2.19. The number of ether oxygens (including phenoxy) is 2. The molecule has 4 rings (SSSR count). The van der Waals surface area contributed by atoms with Gasteiger partial charge in [0.15, 0.2) is 0 Å². The molecule has 0 unspecified atom stereocenters. The molecule has 4 heterocycles. The molecule has 0 amide bonds. The Kier molecular flexibility index (Phi) is 3.78. The predicted molar refractivity (Wildman–Crippen MR) is 83.2 cm³/mol. The fourth-order valence-electron chi connectivity index (χ4n) is 3.41. The minimum absolute atomic E-state index is 0.000734. The van der Waals surface area contributed by atoms with Gasteiger partial charge in [-0.2, -0.15) is 0 Å². The Balaban J connectivity index is 1.43. The highest BCUT2D eigenvalue weighted by atomic mass is 16.6. The van der Waals surface area contributed by atoms with Gasteiger partial charge in [-0.15, -0.1) is 0 Å². The third-order valence-corrected chi connectivity index (χ3v) is 4.40. The molecule has 0 N–H and O–H groups in total. The lowest BCUT2D eigenvalue weighted by atomic mass is 9.89. The molecular weight excluding hydrogens is 294 g/mol. The lowest BCUT2D eigenvalue weighted by Crippen LogP contribution is -2.48. The molecule has 0 aliphatic carbocycles. The van der Waals surface area contributed by atoms with Crippen molar-refractivity contribution in [2.75, 3.05) is 24.6 Å². The van der Waals surface area contributed by atoms with Crippen LogP contribution in [-0.2, 0) is 4.74 Å². The zero-order valence-electron chi connectivity index (χ0n) is 12.8. The van der Waals surface area contributed by atoms with Crippen LogP contribution in [0.2, 0.25) is 0 Å². The van der Waals surface area contributed by atoms with Crippen LogP contribution in [-0.4, -0.2) is 51.3 Å². The fourth-order valence-corrected chi connectivity index (χ4v) is 3.41. The van der Waals surface area contributed by atoms with Gasteiger partial charge in [0, 0.05) is 44.3 Å². The summed E-state index contributed by atoms with van der Waals surface area (Å²) >= 11 is 0. The van der Waals surface area contributed by atoms with E-state index in [9.17, 15) is 0 Å². The summed E-state index contributed by atoms with van der Waals surface area (Å²) in [6.07, 6.45) is 11.6. The van der Waals surface area contributed by atoms with Gasteiger partial charge >= 0.3 is 6.01 Å². The number of hydrogen-bond acceptors (Lipinski definition) is 7. The molecule has 0 radical (unpaired) electrons. The fraction of sp³-hybridized carbons (Fsp3) is 0.500. The Morgan fingerprint density at radius 1 is 1.17 bits per heavy atom. The number of rotatable bonds is 3. The molecule has 2 aliphatic heterocycles. The van der Waals surface area contributed by atoms with Gasteiger partial charge < -0.3 is 14.4 Å². The second kappa shape index (κ2) is 6.08. The molecule has 0 saturated carbocycles. The van der Waals surface area contributed by atoms with E-state index < -0.39 is 0 Å². The van der Waals surface area contributed by atoms with Gasteiger partial charge in [-0.25, -0.2) is 15.0 Å². The molecule has 2 fully saturated rings. The summed E-state index contributed by atoms with van der Waals surface area (Å²) in [5.41, 5.74) is -0.171. The van der Waals surface area contributed by atoms with Crippen LogP contribution in [0.3, 0.4) is 0 Å². The maximum absolute atomic E-state index is 6.15. The van der Waals surface area contributed by atoms with Crippen molar-refractivity contribution >= 4 is 5.82 Å². The maximum Gasteiger partial charge on any atom is 0.316 e. The molecule has 7 heteroatoms. The Bertz CT molecular complexity index is 641. The Morgan fingerprint density at radius 3 is 2.91 bits per heavy atom. The van der Waals surface area contributed by atoms with Gasteiger partial charge in [-0.3, -0.25) is 4.98 Å². The number of nitrogens with zero attached hydrogens (tertiary/aromatic N) is 5. The van der Waals surface area contributed by atoms with Crippen molar-refractivity contribution in [2.45, 2.75) is 31.0 Å². The first-order valence-corrected chi connectivity index (χ1v) is 7.92. The Labute approximate surface area is 134 Å². The second-order valence-electron chi connectivity index (χ2n) is 6.06. The Hall–Kier alpha value is -2.28. The highest BCUT2D eigenvalue weighted by molar-refractivity contribution is 5.36. The molecule has 2 atom stereocenters. The van der Waals surface area contributed by atoms with Gasteiger partial charge in [0.05, 0.1) is 18.4 Å². The molecule has 1 spiro atoms. The van der Waals surface area contributed by atoms with Crippen LogP contribution < -0.4 is 9.64 Å². The van der Waals surface area contributed by atoms with Crippen LogP contribution in [0.15, 0.2) is 37.1 Å². The normalized spacial score (nSPS) is 27.3. The first kappa shape index (κ1) is 14.3. The number of hydrogen-bond donors (Lipinski definition) is 0. The summed E-state index contributed by atoms with van der Waals surface area (Å²) in [6.45, 7) is 2.38. The SMILES string of the molecule is c1cnc(O[C@@H]2CO[C@@]3(CCCN(c4cnccn4)C3)C2)nc1. The first-order chi connectivity index (χ1) is 11.3. The minimum Gasteiger partial charge on any atom is -0.458 e. The highest BCUT2D eigenvalue weighted by Crippen LogP contribution is 2.36. The molecule has 2 aliphatic rings. The van der Waals surface area contributed by atoms with Crippen molar-refractivity contribution in [1.82, 2.24) is 19.9 Å². The van der Waals surface area contributed by atoms with Gasteiger partial charge in [0.25, 0.3) is 0 Å². The number of piperidine rings is 1. The molecule has 2 saturated heterocycles. The van der Waals surface area contributed by atoms with E-state index in [-0.39, 0.29) is 11.7 Å². The lowest BCUT2D eigenvalue weighted by molar-refractivity contribution is -0.00844. The van der Waals surface area contributed by atoms with E-state index in [1.807, 2.05) is 0 Å². The lowest BCUT2D eigenvalue weighted by Gasteiger charge is -2.40. The van der Waals surface area contributed by atoms with Gasteiger partial charge in [-0.1, -0.05) is 0 Å². The molecule has 120 valence electrons. The highest BCUT2D eigenvalue weighted by Gasteiger charge is 2.45. The van der Waals surface area contributed by atoms with Crippen LogP contribution in [0, 0.1) is 0 Å². The molecule has 23 heavy (non-hydrogen) atoms. The molecule has 0 aromatic carbocycles. The zero-order valence-corrected chi connectivity index (χ0v) is 12.8.